The van der Waals surface area contributed by atoms with Crippen molar-refractivity contribution in [3.8, 4) is 0 Å². The third-order valence-corrected chi connectivity index (χ3v) is 3.69. The Hall–Kier alpha value is -2.86. The molecule has 0 fully saturated rings. The largest absolute Gasteiger partial charge is 0.480 e. The Morgan fingerprint density at radius 3 is 2.64 bits per heavy atom. The molecule has 3 aromatic rings. The molecule has 0 spiro atoms. The summed E-state index contributed by atoms with van der Waals surface area (Å²) in [6.07, 6.45) is -0.0441. The number of rotatable bonds is 4. The zero-order valence-corrected chi connectivity index (χ0v) is 11.7. The highest BCUT2D eigenvalue weighted by Gasteiger charge is 2.17. The van der Waals surface area contributed by atoms with Crippen LogP contribution >= 0.6 is 0 Å². The number of para-hydroxylation sites is 1. The zero-order chi connectivity index (χ0) is 15.7. The van der Waals surface area contributed by atoms with Gasteiger partial charge in [0.2, 0.25) is 0 Å². The highest BCUT2D eigenvalue weighted by atomic mass is 16.4. The summed E-state index contributed by atoms with van der Waals surface area (Å²) < 4.78 is 0. The number of hydrogen-bond donors (Lipinski definition) is 4. The van der Waals surface area contributed by atoms with Crippen molar-refractivity contribution in [3.63, 3.8) is 0 Å². The van der Waals surface area contributed by atoms with Crippen molar-refractivity contribution >= 4 is 33.5 Å². The second-order valence-corrected chi connectivity index (χ2v) is 5.13. The van der Waals surface area contributed by atoms with Gasteiger partial charge in [-0.1, -0.05) is 35.5 Å². The first kappa shape index (κ1) is 14.1. The normalized spacial score (nSPS) is 13.6. The number of nitrogens with two attached hydrogens (primary N) is 1. The van der Waals surface area contributed by atoms with Crippen LogP contribution in [-0.4, -0.2) is 33.0 Å². The summed E-state index contributed by atoms with van der Waals surface area (Å²) >= 11 is 0. The standard InChI is InChI=1S/C16H15N3O3/c17-12(16(20)21)8-14(19-22)9-5-6-11-10-3-1-2-4-13(10)18-15(11)7-9/h1-7,12,18,22H,8,17H2,(H,20,21)/b19-14+. The van der Waals surface area contributed by atoms with Crippen LogP contribution in [0.5, 0.6) is 0 Å². The summed E-state index contributed by atoms with van der Waals surface area (Å²) in [5.74, 6) is -1.13. The third kappa shape index (κ3) is 2.40. The van der Waals surface area contributed by atoms with E-state index < -0.39 is 12.0 Å². The monoisotopic (exact) mass is 297 g/mol. The molecule has 5 N–H and O–H groups in total. The predicted molar refractivity (Wildman–Crippen MR) is 84.4 cm³/mol. The molecule has 1 aromatic heterocycles. The molecule has 0 saturated heterocycles. The van der Waals surface area contributed by atoms with Crippen molar-refractivity contribution in [3.05, 3.63) is 48.0 Å². The van der Waals surface area contributed by atoms with Gasteiger partial charge in [-0.25, -0.2) is 0 Å². The number of H-pyrrole nitrogens is 1. The Bertz CT molecular complexity index is 883. The number of fused-ring (bicyclic) bond motifs is 3. The zero-order valence-electron chi connectivity index (χ0n) is 11.7. The molecule has 0 amide bonds. The van der Waals surface area contributed by atoms with Crippen molar-refractivity contribution in [1.29, 1.82) is 0 Å². The van der Waals surface area contributed by atoms with Crippen molar-refractivity contribution in [2.45, 2.75) is 12.5 Å². The molecule has 6 heteroatoms. The number of carboxylic acids is 1. The Labute approximate surface area is 125 Å². The van der Waals surface area contributed by atoms with Crippen LogP contribution in [0.2, 0.25) is 0 Å². The second kappa shape index (κ2) is 5.50. The van der Waals surface area contributed by atoms with Crippen LogP contribution in [0.4, 0.5) is 0 Å². The first-order valence-corrected chi connectivity index (χ1v) is 6.80. The third-order valence-electron chi connectivity index (χ3n) is 3.69. The molecule has 6 nitrogen and oxygen atoms in total. The van der Waals surface area contributed by atoms with Gasteiger partial charge in [-0.05, 0) is 12.1 Å². The molecule has 22 heavy (non-hydrogen) atoms. The maximum Gasteiger partial charge on any atom is 0.320 e. The van der Waals surface area contributed by atoms with Gasteiger partial charge in [0.1, 0.15) is 6.04 Å². The number of carbonyl (C=O) groups is 1. The fourth-order valence-corrected chi connectivity index (χ4v) is 2.55. The van der Waals surface area contributed by atoms with E-state index in [0.29, 0.717) is 5.56 Å². The minimum Gasteiger partial charge on any atom is -0.480 e. The van der Waals surface area contributed by atoms with E-state index in [1.54, 1.807) is 6.07 Å². The molecule has 1 atom stereocenters. The molecule has 2 aromatic carbocycles. The van der Waals surface area contributed by atoms with Crippen molar-refractivity contribution in [1.82, 2.24) is 4.98 Å². The summed E-state index contributed by atoms with van der Waals surface area (Å²) in [5.41, 5.74) is 8.29. The van der Waals surface area contributed by atoms with Gasteiger partial charge >= 0.3 is 5.97 Å². The van der Waals surface area contributed by atoms with E-state index in [1.807, 2.05) is 36.4 Å². The summed E-state index contributed by atoms with van der Waals surface area (Å²) in [4.78, 5) is 14.1. The first-order chi connectivity index (χ1) is 10.6. The first-order valence-electron chi connectivity index (χ1n) is 6.80. The van der Waals surface area contributed by atoms with Crippen molar-refractivity contribution in [2.75, 3.05) is 0 Å². The van der Waals surface area contributed by atoms with E-state index in [-0.39, 0.29) is 12.1 Å². The maximum atomic E-state index is 10.8. The lowest BCUT2D eigenvalue weighted by atomic mass is 10.0. The van der Waals surface area contributed by atoms with Gasteiger partial charge in [0.15, 0.2) is 0 Å². The van der Waals surface area contributed by atoms with Gasteiger partial charge in [0, 0.05) is 33.8 Å². The van der Waals surface area contributed by atoms with Gasteiger partial charge in [0.05, 0.1) is 5.71 Å². The van der Waals surface area contributed by atoms with E-state index in [0.717, 1.165) is 21.8 Å². The lowest BCUT2D eigenvalue weighted by Crippen LogP contribution is -2.32. The number of nitrogens with one attached hydrogen (secondary N) is 1. The van der Waals surface area contributed by atoms with Crippen LogP contribution in [0.25, 0.3) is 21.8 Å². The average Bonchev–Trinajstić information content (AvgIpc) is 2.89. The minimum absolute atomic E-state index is 0.0441. The van der Waals surface area contributed by atoms with Crippen molar-refractivity contribution in [2.24, 2.45) is 10.9 Å². The smallest absolute Gasteiger partial charge is 0.320 e. The molecule has 0 aliphatic heterocycles. The molecular formula is C16H15N3O3. The average molecular weight is 297 g/mol. The molecular weight excluding hydrogens is 282 g/mol. The number of hydrogen-bond acceptors (Lipinski definition) is 4. The van der Waals surface area contributed by atoms with Crippen LogP contribution in [0.3, 0.4) is 0 Å². The SMILES string of the molecule is NC(C/C(=N\O)c1ccc2c(c1)[nH]c1ccccc12)C(=O)O. The predicted octanol–water partition coefficient (Wildman–Crippen LogP) is 2.30. The number of carboxylic acid groups (broad SMARTS) is 1. The molecule has 1 unspecified atom stereocenters. The van der Waals surface area contributed by atoms with Gasteiger partial charge in [-0.2, -0.15) is 0 Å². The highest BCUT2D eigenvalue weighted by Crippen LogP contribution is 2.26. The molecule has 0 saturated carbocycles. The number of aromatic amines is 1. The fourth-order valence-electron chi connectivity index (χ4n) is 2.55. The lowest BCUT2D eigenvalue weighted by molar-refractivity contribution is -0.138. The van der Waals surface area contributed by atoms with Crippen LogP contribution in [0.15, 0.2) is 47.6 Å². The summed E-state index contributed by atoms with van der Waals surface area (Å²) in [5, 5.41) is 23.4. The van der Waals surface area contributed by atoms with Gasteiger partial charge in [0.25, 0.3) is 0 Å². The molecule has 0 bridgehead atoms. The molecule has 0 radical (unpaired) electrons. The maximum absolute atomic E-state index is 10.8. The Morgan fingerprint density at radius 2 is 1.91 bits per heavy atom. The van der Waals surface area contributed by atoms with Gasteiger partial charge < -0.3 is 21.0 Å². The van der Waals surface area contributed by atoms with Crippen molar-refractivity contribution < 1.29 is 15.1 Å². The van der Waals surface area contributed by atoms with Crippen LogP contribution in [0.1, 0.15) is 12.0 Å². The number of benzene rings is 2. The molecule has 3 rings (SSSR count). The van der Waals surface area contributed by atoms with E-state index in [4.69, 9.17) is 16.0 Å². The second-order valence-electron chi connectivity index (χ2n) is 5.13. The highest BCUT2D eigenvalue weighted by molar-refractivity contribution is 6.10. The molecule has 0 aliphatic carbocycles. The quantitative estimate of drug-likeness (QED) is 0.336. The van der Waals surface area contributed by atoms with E-state index in [1.165, 1.54) is 0 Å². The van der Waals surface area contributed by atoms with Gasteiger partial charge in [-0.3, -0.25) is 4.79 Å². The Balaban J connectivity index is 2.04. The van der Waals surface area contributed by atoms with Crippen LogP contribution in [-0.2, 0) is 4.79 Å². The summed E-state index contributed by atoms with van der Waals surface area (Å²) in [6, 6.07) is 12.4. The molecule has 0 aliphatic rings. The van der Waals surface area contributed by atoms with E-state index in [9.17, 15) is 4.79 Å². The minimum atomic E-state index is -1.13. The van der Waals surface area contributed by atoms with Crippen LogP contribution in [0, 0.1) is 0 Å². The molecule has 1 heterocycles. The van der Waals surface area contributed by atoms with Gasteiger partial charge in [-0.15, -0.1) is 0 Å². The van der Waals surface area contributed by atoms with Crippen LogP contribution < -0.4 is 5.73 Å². The number of aliphatic carboxylic acids is 1. The number of aromatic nitrogens is 1. The fraction of sp³-hybridized carbons (Fsp3) is 0.125. The Kier molecular flexibility index (Phi) is 3.52. The summed E-state index contributed by atoms with van der Waals surface area (Å²) in [6.45, 7) is 0. The topological polar surface area (TPSA) is 112 Å². The van der Waals surface area contributed by atoms with E-state index in [2.05, 4.69) is 10.1 Å². The number of nitrogens with zero attached hydrogens (tertiary/aromatic N) is 1. The summed E-state index contributed by atoms with van der Waals surface area (Å²) in [7, 11) is 0. The number of oxime groups is 1. The van der Waals surface area contributed by atoms with E-state index >= 15 is 0 Å². The Morgan fingerprint density at radius 1 is 1.18 bits per heavy atom. The molecule has 112 valence electrons. The lowest BCUT2D eigenvalue weighted by Gasteiger charge is -2.08.